The largest absolute Gasteiger partial charge is 0.439 e. The molecule has 3 heterocycles. The average Bonchev–Trinajstić information content (AvgIpc) is 3.03. The normalized spacial score (nSPS) is 24.3. The summed E-state index contributed by atoms with van der Waals surface area (Å²) >= 11 is 0. The standard InChI is InChI=1S/C15H20N4O/c16-11-3-4-13-14(8-11)20-15(17-13)10-18-6-7-19-5-1-2-12(19)9-18/h3-4,8,12H,1-2,5-7,9-10,16H2. The fraction of sp³-hybridized carbons (Fsp3) is 0.533. The first kappa shape index (κ1) is 12.2. The third kappa shape index (κ3) is 2.17. The maximum Gasteiger partial charge on any atom is 0.209 e. The lowest BCUT2D eigenvalue weighted by molar-refractivity contribution is 0.0932. The highest BCUT2D eigenvalue weighted by atomic mass is 16.3. The summed E-state index contributed by atoms with van der Waals surface area (Å²) in [4.78, 5) is 9.63. The number of nitrogens with zero attached hydrogens (tertiary/aromatic N) is 3. The Morgan fingerprint density at radius 3 is 3.20 bits per heavy atom. The molecule has 2 aliphatic heterocycles. The van der Waals surface area contributed by atoms with E-state index in [1.54, 1.807) is 0 Å². The molecule has 2 fully saturated rings. The summed E-state index contributed by atoms with van der Waals surface area (Å²) in [6.07, 6.45) is 2.68. The van der Waals surface area contributed by atoms with Gasteiger partial charge in [-0.1, -0.05) is 0 Å². The second kappa shape index (κ2) is 4.75. The lowest BCUT2D eigenvalue weighted by Crippen LogP contribution is -2.49. The molecule has 1 aromatic carbocycles. The number of piperazine rings is 1. The smallest absolute Gasteiger partial charge is 0.209 e. The Morgan fingerprint density at radius 1 is 1.30 bits per heavy atom. The maximum absolute atomic E-state index is 5.82. The molecule has 1 unspecified atom stereocenters. The second-order valence-electron chi connectivity index (χ2n) is 5.90. The maximum atomic E-state index is 5.82. The van der Waals surface area contributed by atoms with Crippen molar-refractivity contribution >= 4 is 16.8 Å². The molecule has 5 heteroatoms. The second-order valence-corrected chi connectivity index (χ2v) is 5.90. The number of hydrogen-bond donors (Lipinski definition) is 1. The molecule has 4 rings (SSSR count). The lowest BCUT2D eigenvalue weighted by Gasteiger charge is -2.36. The zero-order valence-electron chi connectivity index (χ0n) is 11.6. The van der Waals surface area contributed by atoms with E-state index in [0.29, 0.717) is 0 Å². The zero-order chi connectivity index (χ0) is 13.5. The summed E-state index contributed by atoms with van der Waals surface area (Å²) in [6.45, 7) is 5.51. The number of aromatic nitrogens is 1. The van der Waals surface area contributed by atoms with Crippen LogP contribution in [-0.4, -0.2) is 47.0 Å². The molecule has 0 amide bonds. The van der Waals surface area contributed by atoms with Crippen LogP contribution in [-0.2, 0) is 6.54 Å². The van der Waals surface area contributed by atoms with Crippen molar-refractivity contribution < 1.29 is 4.42 Å². The quantitative estimate of drug-likeness (QED) is 0.843. The predicted octanol–water partition coefficient (Wildman–Crippen LogP) is 1.69. The van der Waals surface area contributed by atoms with Crippen LogP contribution in [0, 0.1) is 0 Å². The molecular formula is C15H20N4O. The van der Waals surface area contributed by atoms with Gasteiger partial charge in [0, 0.05) is 37.4 Å². The molecule has 1 aromatic heterocycles. The highest BCUT2D eigenvalue weighted by molar-refractivity contribution is 5.76. The molecule has 20 heavy (non-hydrogen) atoms. The number of anilines is 1. The molecule has 2 N–H and O–H groups in total. The van der Waals surface area contributed by atoms with Crippen LogP contribution < -0.4 is 5.73 Å². The number of rotatable bonds is 2. The topological polar surface area (TPSA) is 58.5 Å². The molecule has 1 atom stereocenters. The van der Waals surface area contributed by atoms with Gasteiger partial charge in [0.2, 0.25) is 5.89 Å². The van der Waals surface area contributed by atoms with Crippen molar-refractivity contribution in [3.05, 3.63) is 24.1 Å². The molecule has 0 saturated carbocycles. The molecule has 5 nitrogen and oxygen atoms in total. The molecule has 2 aliphatic rings. The minimum atomic E-state index is 0.722. The number of hydrogen-bond acceptors (Lipinski definition) is 5. The van der Waals surface area contributed by atoms with Gasteiger partial charge in [-0.25, -0.2) is 4.98 Å². The first-order chi connectivity index (χ1) is 9.78. The van der Waals surface area contributed by atoms with Crippen molar-refractivity contribution in [2.75, 3.05) is 31.9 Å². The summed E-state index contributed by atoms with van der Waals surface area (Å²) in [7, 11) is 0. The first-order valence-electron chi connectivity index (χ1n) is 7.39. The van der Waals surface area contributed by atoms with Crippen LogP contribution in [0.1, 0.15) is 18.7 Å². The third-order valence-electron chi connectivity index (χ3n) is 4.49. The monoisotopic (exact) mass is 272 g/mol. The van der Waals surface area contributed by atoms with Gasteiger partial charge in [-0.15, -0.1) is 0 Å². The summed E-state index contributed by atoms with van der Waals surface area (Å²) in [6, 6.07) is 6.38. The number of nitrogen functional groups attached to an aromatic ring is 1. The fourth-order valence-electron chi connectivity index (χ4n) is 3.45. The van der Waals surface area contributed by atoms with Gasteiger partial charge < -0.3 is 10.2 Å². The molecule has 0 radical (unpaired) electrons. The van der Waals surface area contributed by atoms with Crippen molar-refractivity contribution in [1.82, 2.24) is 14.8 Å². The summed E-state index contributed by atoms with van der Waals surface area (Å²) in [5.74, 6) is 0.803. The molecular weight excluding hydrogens is 252 g/mol. The SMILES string of the molecule is Nc1ccc2nc(CN3CCN4CCCC4C3)oc2c1. The highest BCUT2D eigenvalue weighted by Crippen LogP contribution is 2.24. The van der Waals surface area contributed by atoms with Crippen molar-refractivity contribution in [1.29, 1.82) is 0 Å². The lowest BCUT2D eigenvalue weighted by atomic mass is 10.1. The summed E-state index contributed by atoms with van der Waals surface area (Å²) in [5.41, 5.74) is 8.18. The van der Waals surface area contributed by atoms with Crippen LogP contribution in [0.25, 0.3) is 11.1 Å². The fourth-order valence-corrected chi connectivity index (χ4v) is 3.45. The van der Waals surface area contributed by atoms with Crippen LogP contribution in [0.4, 0.5) is 5.69 Å². The molecule has 0 aliphatic carbocycles. The van der Waals surface area contributed by atoms with Crippen molar-refractivity contribution in [3.63, 3.8) is 0 Å². The van der Waals surface area contributed by atoms with Crippen LogP contribution in [0.2, 0.25) is 0 Å². The summed E-state index contributed by atoms with van der Waals surface area (Å²) in [5, 5.41) is 0. The molecule has 2 saturated heterocycles. The van der Waals surface area contributed by atoms with E-state index in [1.165, 1.54) is 25.9 Å². The number of oxazole rings is 1. The van der Waals surface area contributed by atoms with Crippen molar-refractivity contribution in [3.8, 4) is 0 Å². The number of fused-ring (bicyclic) bond motifs is 2. The van der Waals surface area contributed by atoms with E-state index in [4.69, 9.17) is 10.2 Å². The van der Waals surface area contributed by atoms with E-state index in [2.05, 4.69) is 14.8 Å². The van der Waals surface area contributed by atoms with Gasteiger partial charge in [-0.05, 0) is 31.5 Å². The Labute approximate surface area is 118 Å². The average molecular weight is 272 g/mol. The third-order valence-corrected chi connectivity index (χ3v) is 4.49. The van der Waals surface area contributed by atoms with E-state index in [1.807, 2.05) is 18.2 Å². The van der Waals surface area contributed by atoms with Crippen LogP contribution in [0.15, 0.2) is 22.6 Å². The van der Waals surface area contributed by atoms with Crippen molar-refractivity contribution in [2.45, 2.75) is 25.4 Å². The van der Waals surface area contributed by atoms with Gasteiger partial charge in [0.15, 0.2) is 5.58 Å². The Bertz CT molecular complexity index is 623. The molecule has 106 valence electrons. The van der Waals surface area contributed by atoms with Gasteiger partial charge in [-0.2, -0.15) is 0 Å². The minimum absolute atomic E-state index is 0.722. The van der Waals surface area contributed by atoms with E-state index in [-0.39, 0.29) is 0 Å². The highest BCUT2D eigenvalue weighted by Gasteiger charge is 2.30. The predicted molar refractivity (Wildman–Crippen MR) is 78.3 cm³/mol. The van der Waals surface area contributed by atoms with E-state index in [0.717, 1.165) is 48.4 Å². The van der Waals surface area contributed by atoms with E-state index >= 15 is 0 Å². The molecule has 0 spiro atoms. The Kier molecular flexibility index (Phi) is 2.89. The van der Waals surface area contributed by atoms with Crippen LogP contribution >= 0.6 is 0 Å². The Hall–Kier alpha value is -1.59. The van der Waals surface area contributed by atoms with Crippen molar-refractivity contribution in [2.24, 2.45) is 0 Å². The van der Waals surface area contributed by atoms with E-state index in [9.17, 15) is 0 Å². The summed E-state index contributed by atoms with van der Waals surface area (Å²) < 4.78 is 5.82. The number of benzene rings is 1. The Balaban J connectivity index is 1.49. The van der Waals surface area contributed by atoms with Gasteiger partial charge in [0.05, 0.1) is 6.54 Å². The minimum Gasteiger partial charge on any atom is -0.439 e. The van der Waals surface area contributed by atoms with Crippen LogP contribution in [0.3, 0.4) is 0 Å². The van der Waals surface area contributed by atoms with Crippen LogP contribution in [0.5, 0.6) is 0 Å². The zero-order valence-corrected chi connectivity index (χ0v) is 11.6. The van der Waals surface area contributed by atoms with Gasteiger partial charge in [-0.3, -0.25) is 9.80 Å². The first-order valence-corrected chi connectivity index (χ1v) is 7.39. The van der Waals surface area contributed by atoms with E-state index < -0.39 is 0 Å². The molecule has 2 aromatic rings. The molecule has 0 bridgehead atoms. The van der Waals surface area contributed by atoms with Gasteiger partial charge in [0.25, 0.3) is 0 Å². The van der Waals surface area contributed by atoms with Gasteiger partial charge >= 0.3 is 0 Å². The Morgan fingerprint density at radius 2 is 2.25 bits per heavy atom. The number of nitrogens with two attached hydrogens (primary N) is 1. The van der Waals surface area contributed by atoms with Gasteiger partial charge in [0.1, 0.15) is 5.52 Å².